The van der Waals surface area contributed by atoms with Gasteiger partial charge in [0.2, 0.25) is 0 Å². The third-order valence-electron chi connectivity index (χ3n) is 3.25. The molecule has 0 bridgehead atoms. The van der Waals surface area contributed by atoms with Crippen LogP contribution in [0.4, 0.5) is 10.1 Å². The molecule has 1 aromatic heterocycles. The van der Waals surface area contributed by atoms with E-state index in [2.05, 4.69) is 20.8 Å². The third kappa shape index (κ3) is 3.81. The van der Waals surface area contributed by atoms with E-state index in [-0.39, 0.29) is 11.4 Å². The second kappa shape index (κ2) is 7.10. The van der Waals surface area contributed by atoms with E-state index in [4.69, 9.17) is 11.6 Å². The zero-order valence-electron chi connectivity index (χ0n) is 12.6. The second-order valence-electron chi connectivity index (χ2n) is 4.90. The van der Waals surface area contributed by atoms with E-state index in [0.717, 1.165) is 0 Å². The van der Waals surface area contributed by atoms with Crippen molar-refractivity contribution in [3.63, 3.8) is 0 Å². The molecule has 0 saturated heterocycles. The molecule has 0 aliphatic carbocycles. The first-order chi connectivity index (χ1) is 12.0. The number of carboxylic acid groups (broad SMARTS) is 1. The van der Waals surface area contributed by atoms with E-state index >= 15 is 0 Å². The smallest absolute Gasteiger partial charge is 0.337 e. The summed E-state index contributed by atoms with van der Waals surface area (Å²) in [5.41, 5.74) is 0.990. The van der Waals surface area contributed by atoms with Gasteiger partial charge in [-0.3, -0.25) is 0 Å². The van der Waals surface area contributed by atoms with Crippen LogP contribution < -0.4 is 5.32 Å². The lowest BCUT2D eigenvalue weighted by atomic mass is 10.2. The van der Waals surface area contributed by atoms with Gasteiger partial charge in [0, 0.05) is 17.3 Å². The Balaban J connectivity index is 1.83. The summed E-state index contributed by atoms with van der Waals surface area (Å²) in [5, 5.41) is 23.7. The molecule has 0 radical (unpaired) electrons. The lowest BCUT2D eigenvalue weighted by Crippen LogP contribution is -2.02. The van der Waals surface area contributed by atoms with Crippen molar-refractivity contribution < 1.29 is 14.3 Å². The summed E-state index contributed by atoms with van der Waals surface area (Å²) in [6, 6.07) is 10.1. The molecular weight excluding hydrogens is 349 g/mol. The van der Waals surface area contributed by atoms with Crippen molar-refractivity contribution in [3.05, 3.63) is 70.9 Å². The normalized spacial score (nSPS) is 11.0. The highest BCUT2D eigenvalue weighted by Crippen LogP contribution is 2.21. The molecule has 2 N–H and O–H groups in total. The number of nitrogens with one attached hydrogen (secondary N) is 1. The highest BCUT2D eigenvalue weighted by atomic mass is 35.5. The van der Waals surface area contributed by atoms with Gasteiger partial charge in [0.15, 0.2) is 5.82 Å². The predicted molar refractivity (Wildman–Crippen MR) is 90.2 cm³/mol. The van der Waals surface area contributed by atoms with Crippen molar-refractivity contribution in [3.8, 4) is 5.69 Å². The number of anilines is 1. The highest BCUT2D eigenvalue weighted by molar-refractivity contribution is 6.31. The van der Waals surface area contributed by atoms with Crippen LogP contribution in [0.25, 0.3) is 11.8 Å². The average molecular weight is 360 g/mol. The Bertz CT molecular complexity index is 940. The lowest BCUT2D eigenvalue weighted by molar-refractivity contribution is 0.0698. The summed E-state index contributed by atoms with van der Waals surface area (Å²) in [6.07, 6.45) is 3.04. The van der Waals surface area contributed by atoms with Crippen LogP contribution in [-0.4, -0.2) is 31.3 Å². The Morgan fingerprint density at radius 3 is 2.72 bits per heavy atom. The number of nitrogens with zero attached hydrogens (tertiary/aromatic N) is 4. The molecule has 2 aromatic carbocycles. The fourth-order valence-electron chi connectivity index (χ4n) is 2.09. The quantitative estimate of drug-likeness (QED) is 0.726. The SMILES string of the molecule is O=C(O)c1ccc(Cl)cc1NC=Cc1nnnn1-c1ccc(F)cc1. The van der Waals surface area contributed by atoms with Gasteiger partial charge >= 0.3 is 5.97 Å². The molecule has 7 nitrogen and oxygen atoms in total. The van der Waals surface area contributed by atoms with Crippen molar-refractivity contribution in [1.82, 2.24) is 20.2 Å². The number of hydrogen-bond donors (Lipinski definition) is 2. The second-order valence-corrected chi connectivity index (χ2v) is 5.33. The molecule has 25 heavy (non-hydrogen) atoms. The maximum atomic E-state index is 13.0. The Morgan fingerprint density at radius 2 is 2.00 bits per heavy atom. The summed E-state index contributed by atoms with van der Waals surface area (Å²) < 4.78 is 14.4. The molecule has 0 aliphatic rings. The number of tetrazole rings is 1. The summed E-state index contributed by atoms with van der Waals surface area (Å²) >= 11 is 5.89. The molecule has 0 atom stereocenters. The minimum absolute atomic E-state index is 0.0761. The summed E-state index contributed by atoms with van der Waals surface area (Å²) in [7, 11) is 0. The minimum atomic E-state index is -1.08. The number of carboxylic acids is 1. The number of rotatable bonds is 5. The number of benzene rings is 2. The average Bonchev–Trinajstić information content (AvgIpc) is 3.04. The molecule has 0 unspecified atom stereocenters. The Morgan fingerprint density at radius 1 is 1.24 bits per heavy atom. The maximum absolute atomic E-state index is 13.0. The zero-order chi connectivity index (χ0) is 17.8. The number of carbonyl (C=O) groups is 1. The maximum Gasteiger partial charge on any atom is 0.337 e. The Kier molecular flexibility index (Phi) is 4.71. The van der Waals surface area contributed by atoms with Crippen LogP contribution in [0.15, 0.2) is 48.7 Å². The first-order valence-electron chi connectivity index (χ1n) is 7.05. The molecule has 9 heteroatoms. The molecule has 0 saturated carbocycles. The van der Waals surface area contributed by atoms with Crippen LogP contribution in [0.1, 0.15) is 16.2 Å². The van der Waals surface area contributed by atoms with E-state index in [9.17, 15) is 14.3 Å². The summed E-state index contributed by atoms with van der Waals surface area (Å²) in [4.78, 5) is 11.2. The van der Waals surface area contributed by atoms with Gasteiger partial charge in [-0.15, -0.1) is 5.10 Å². The molecule has 126 valence electrons. The van der Waals surface area contributed by atoms with Crippen molar-refractivity contribution in [2.45, 2.75) is 0 Å². The number of hydrogen-bond acceptors (Lipinski definition) is 5. The fourth-order valence-corrected chi connectivity index (χ4v) is 2.26. The van der Waals surface area contributed by atoms with E-state index in [0.29, 0.717) is 22.2 Å². The number of aromatic carboxylic acids is 1. The van der Waals surface area contributed by atoms with Crippen LogP contribution in [0.5, 0.6) is 0 Å². The zero-order valence-corrected chi connectivity index (χ0v) is 13.4. The third-order valence-corrected chi connectivity index (χ3v) is 3.48. The molecule has 0 fully saturated rings. The predicted octanol–water partition coefficient (Wildman–Crippen LogP) is 3.24. The van der Waals surface area contributed by atoms with Crippen molar-refractivity contribution in [1.29, 1.82) is 0 Å². The largest absolute Gasteiger partial charge is 0.478 e. The first-order valence-corrected chi connectivity index (χ1v) is 7.42. The summed E-state index contributed by atoms with van der Waals surface area (Å²) in [5.74, 6) is -1.07. The topological polar surface area (TPSA) is 92.9 Å². The molecule has 0 amide bonds. The van der Waals surface area contributed by atoms with Crippen LogP contribution in [-0.2, 0) is 0 Å². The highest BCUT2D eigenvalue weighted by Gasteiger charge is 2.10. The Labute approximate surface area is 146 Å². The van der Waals surface area contributed by atoms with Gasteiger partial charge in [-0.2, -0.15) is 4.68 Å². The standard InChI is InChI=1S/C16H11ClFN5O2/c17-10-1-6-13(16(24)25)14(9-10)19-8-7-15-20-21-22-23(15)12-4-2-11(18)3-5-12/h1-9,19H,(H,24,25). The lowest BCUT2D eigenvalue weighted by Gasteiger charge is -2.06. The van der Waals surface area contributed by atoms with Crippen LogP contribution in [0.3, 0.4) is 0 Å². The van der Waals surface area contributed by atoms with Gasteiger partial charge in [0.1, 0.15) is 5.82 Å². The van der Waals surface area contributed by atoms with Gasteiger partial charge in [-0.25, -0.2) is 9.18 Å². The molecular formula is C16H11ClFN5O2. The molecule has 3 aromatic rings. The van der Waals surface area contributed by atoms with Crippen molar-refractivity contribution >= 4 is 29.3 Å². The van der Waals surface area contributed by atoms with Gasteiger partial charge < -0.3 is 10.4 Å². The number of aromatic nitrogens is 4. The summed E-state index contributed by atoms with van der Waals surface area (Å²) in [6.45, 7) is 0. The van der Waals surface area contributed by atoms with Gasteiger partial charge in [0.25, 0.3) is 0 Å². The first kappa shape index (κ1) is 16.6. The van der Waals surface area contributed by atoms with E-state index in [1.54, 1.807) is 6.08 Å². The van der Waals surface area contributed by atoms with Crippen molar-refractivity contribution in [2.24, 2.45) is 0 Å². The monoisotopic (exact) mass is 359 g/mol. The fraction of sp³-hybridized carbons (Fsp3) is 0. The van der Waals surface area contributed by atoms with Gasteiger partial charge in [-0.05, 0) is 52.9 Å². The van der Waals surface area contributed by atoms with E-state index in [1.165, 1.54) is 53.3 Å². The van der Waals surface area contributed by atoms with Crippen LogP contribution >= 0.6 is 11.6 Å². The molecule has 0 aliphatic heterocycles. The van der Waals surface area contributed by atoms with E-state index < -0.39 is 5.97 Å². The Hall–Kier alpha value is -3.26. The van der Waals surface area contributed by atoms with Gasteiger partial charge in [0.05, 0.1) is 16.9 Å². The van der Waals surface area contributed by atoms with E-state index in [1.807, 2.05) is 0 Å². The molecule has 3 rings (SSSR count). The van der Waals surface area contributed by atoms with Crippen LogP contribution in [0.2, 0.25) is 5.02 Å². The molecule has 1 heterocycles. The van der Waals surface area contributed by atoms with Gasteiger partial charge in [-0.1, -0.05) is 11.6 Å². The van der Waals surface area contributed by atoms with Crippen molar-refractivity contribution in [2.75, 3.05) is 5.32 Å². The minimum Gasteiger partial charge on any atom is -0.478 e. The number of halogens is 2. The molecule has 0 spiro atoms. The van der Waals surface area contributed by atoms with Crippen LogP contribution in [0, 0.1) is 5.82 Å².